The van der Waals surface area contributed by atoms with Gasteiger partial charge in [0, 0.05) is 25.3 Å². The molecule has 1 aliphatic heterocycles. The maximum Gasteiger partial charge on any atom is 0.0414 e. The standard InChI is InChI=1S/C17H28N2/c1-13(2)11-19(12-14(3)4)17-7-5-6-15-8-9-18-10-16(15)17/h5-7,13-14,18H,8-12H2,1-4H3. The van der Waals surface area contributed by atoms with E-state index >= 15 is 0 Å². The van der Waals surface area contributed by atoms with E-state index in [-0.39, 0.29) is 0 Å². The van der Waals surface area contributed by atoms with Crippen LogP contribution in [0.15, 0.2) is 18.2 Å². The molecule has 0 saturated heterocycles. The Balaban J connectivity index is 2.29. The molecule has 1 aromatic rings. The summed E-state index contributed by atoms with van der Waals surface area (Å²) < 4.78 is 0. The van der Waals surface area contributed by atoms with Gasteiger partial charge in [-0.2, -0.15) is 0 Å². The van der Waals surface area contributed by atoms with Gasteiger partial charge in [0.25, 0.3) is 0 Å². The molecule has 19 heavy (non-hydrogen) atoms. The fourth-order valence-electron chi connectivity index (χ4n) is 2.94. The molecule has 0 aliphatic carbocycles. The highest BCUT2D eigenvalue weighted by molar-refractivity contribution is 5.57. The SMILES string of the molecule is CC(C)CN(CC(C)C)c1cccc2c1CNCC2. The highest BCUT2D eigenvalue weighted by atomic mass is 15.1. The molecule has 0 saturated carbocycles. The van der Waals surface area contributed by atoms with E-state index in [4.69, 9.17) is 0 Å². The van der Waals surface area contributed by atoms with Crippen molar-refractivity contribution in [2.24, 2.45) is 11.8 Å². The van der Waals surface area contributed by atoms with Crippen molar-refractivity contribution in [3.63, 3.8) is 0 Å². The summed E-state index contributed by atoms with van der Waals surface area (Å²) in [6.45, 7) is 13.7. The molecule has 0 amide bonds. The predicted molar refractivity (Wildman–Crippen MR) is 83.7 cm³/mol. The predicted octanol–water partition coefficient (Wildman–Crippen LogP) is 3.45. The molecule has 1 aliphatic rings. The Bertz CT molecular complexity index is 400. The minimum atomic E-state index is 0.700. The second-order valence-electron chi connectivity index (χ2n) is 6.53. The average molecular weight is 260 g/mol. The van der Waals surface area contributed by atoms with Crippen LogP contribution in [0.3, 0.4) is 0 Å². The molecule has 2 nitrogen and oxygen atoms in total. The van der Waals surface area contributed by atoms with Crippen LogP contribution < -0.4 is 10.2 Å². The van der Waals surface area contributed by atoms with Crippen molar-refractivity contribution in [1.29, 1.82) is 0 Å². The van der Waals surface area contributed by atoms with Crippen LogP contribution >= 0.6 is 0 Å². The molecular weight excluding hydrogens is 232 g/mol. The monoisotopic (exact) mass is 260 g/mol. The third kappa shape index (κ3) is 3.73. The van der Waals surface area contributed by atoms with Crippen molar-refractivity contribution in [3.8, 4) is 0 Å². The lowest BCUT2D eigenvalue weighted by Crippen LogP contribution is -2.34. The van der Waals surface area contributed by atoms with Crippen LogP contribution in [-0.4, -0.2) is 19.6 Å². The summed E-state index contributed by atoms with van der Waals surface area (Å²) in [5, 5.41) is 3.52. The van der Waals surface area contributed by atoms with Gasteiger partial charge in [-0.05, 0) is 42.0 Å². The Kier molecular flexibility index (Phi) is 4.87. The van der Waals surface area contributed by atoms with Gasteiger partial charge in [0.05, 0.1) is 0 Å². The van der Waals surface area contributed by atoms with E-state index < -0.39 is 0 Å². The van der Waals surface area contributed by atoms with Crippen molar-refractivity contribution in [2.75, 3.05) is 24.5 Å². The zero-order chi connectivity index (χ0) is 13.8. The van der Waals surface area contributed by atoms with Gasteiger partial charge in [-0.15, -0.1) is 0 Å². The van der Waals surface area contributed by atoms with Gasteiger partial charge in [0.15, 0.2) is 0 Å². The maximum absolute atomic E-state index is 3.52. The second kappa shape index (κ2) is 6.42. The Morgan fingerprint density at radius 3 is 2.42 bits per heavy atom. The number of anilines is 1. The molecule has 106 valence electrons. The fourth-order valence-corrected chi connectivity index (χ4v) is 2.94. The number of nitrogens with zero attached hydrogens (tertiary/aromatic N) is 1. The number of benzene rings is 1. The molecule has 1 N–H and O–H groups in total. The summed E-state index contributed by atoms with van der Waals surface area (Å²) in [6.07, 6.45) is 1.17. The molecule has 2 heteroatoms. The van der Waals surface area contributed by atoms with Gasteiger partial charge in [0.2, 0.25) is 0 Å². The van der Waals surface area contributed by atoms with Gasteiger partial charge < -0.3 is 10.2 Å². The minimum absolute atomic E-state index is 0.700. The average Bonchev–Trinajstić information content (AvgIpc) is 2.36. The zero-order valence-corrected chi connectivity index (χ0v) is 12.9. The highest BCUT2D eigenvalue weighted by Crippen LogP contribution is 2.27. The number of fused-ring (bicyclic) bond motifs is 1. The van der Waals surface area contributed by atoms with Crippen LogP contribution in [0.4, 0.5) is 5.69 Å². The molecule has 0 bridgehead atoms. The third-order valence-corrected chi connectivity index (χ3v) is 3.63. The molecule has 0 spiro atoms. The smallest absolute Gasteiger partial charge is 0.0414 e. The number of rotatable bonds is 5. The van der Waals surface area contributed by atoms with Crippen molar-refractivity contribution >= 4 is 5.69 Å². The van der Waals surface area contributed by atoms with Crippen molar-refractivity contribution < 1.29 is 0 Å². The van der Waals surface area contributed by atoms with Crippen LogP contribution in [0, 0.1) is 11.8 Å². The van der Waals surface area contributed by atoms with E-state index in [1.165, 1.54) is 23.2 Å². The molecule has 0 radical (unpaired) electrons. The first kappa shape index (κ1) is 14.4. The van der Waals surface area contributed by atoms with E-state index in [1.807, 2.05) is 0 Å². The Hall–Kier alpha value is -1.02. The number of nitrogens with one attached hydrogen (secondary N) is 1. The van der Waals surface area contributed by atoms with E-state index in [0.29, 0.717) is 11.8 Å². The van der Waals surface area contributed by atoms with Gasteiger partial charge in [-0.25, -0.2) is 0 Å². The lowest BCUT2D eigenvalue weighted by Gasteiger charge is -2.32. The number of hydrogen-bond donors (Lipinski definition) is 1. The Morgan fingerprint density at radius 1 is 1.11 bits per heavy atom. The van der Waals surface area contributed by atoms with Crippen LogP contribution in [0.25, 0.3) is 0 Å². The largest absolute Gasteiger partial charge is 0.371 e. The quantitative estimate of drug-likeness (QED) is 0.872. The van der Waals surface area contributed by atoms with Crippen molar-refractivity contribution in [1.82, 2.24) is 5.32 Å². The van der Waals surface area contributed by atoms with Crippen LogP contribution in [-0.2, 0) is 13.0 Å². The topological polar surface area (TPSA) is 15.3 Å². The first-order valence-electron chi connectivity index (χ1n) is 7.64. The number of hydrogen-bond acceptors (Lipinski definition) is 2. The molecule has 2 rings (SSSR count). The molecule has 1 heterocycles. The third-order valence-electron chi connectivity index (χ3n) is 3.63. The Morgan fingerprint density at radius 2 is 1.79 bits per heavy atom. The summed E-state index contributed by atoms with van der Waals surface area (Å²) in [4.78, 5) is 2.58. The first-order valence-corrected chi connectivity index (χ1v) is 7.64. The normalized spacial score (nSPS) is 14.8. The van der Waals surface area contributed by atoms with Crippen LogP contribution in [0.1, 0.15) is 38.8 Å². The molecular formula is C17H28N2. The Labute approximate surface area is 118 Å². The van der Waals surface area contributed by atoms with E-state index in [2.05, 4.69) is 56.1 Å². The summed E-state index contributed by atoms with van der Waals surface area (Å²) in [6, 6.07) is 6.83. The summed E-state index contributed by atoms with van der Waals surface area (Å²) >= 11 is 0. The van der Waals surface area contributed by atoms with E-state index in [1.54, 1.807) is 0 Å². The second-order valence-corrected chi connectivity index (χ2v) is 6.53. The van der Waals surface area contributed by atoms with Crippen LogP contribution in [0.5, 0.6) is 0 Å². The summed E-state index contributed by atoms with van der Waals surface area (Å²) in [7, 11) is 0. The van der Waals surface area contributed by atoms with Gasteiger partial charge in [-0.3, -0.25) is 0 Å². The van der Waals surface area contributed by atoms with E-state index in [0.717, 1.165) is 26.2 Å². The minimum Gasteiger partial charge on any atom is -0.371 e. The lowest BCUT2D eigenvalue weighted by atomic mass is 9.97. The zero-order valence-electron chi connectivity index (χ0n) is 12.9. The molecule has 1 aromatic carbocycles. The van der Waals surface area contributed by atoms with E-state index in [9.17, 15) is 0 Å². The van der Waals surface area contributed by atoms with Crippen molar-refractivity contribution in [3.05, 3.63) is 29.3 Å². The van der Waals surface area contributed by atoms with Gasteiger partial charge in [0.1, 0.15) is 0 Å². The van der Waals surface area contributed by atoms with Gasteiger partial charge in [-0.1, -0.05) is 39.8 Å². The molecule has 0 unspecified atom stereocenters. The maximum atomic E-state index is 3.52. The lowest BCUT2D eigenvalue weighted by molar-refractivity contribution is 0.547. The van der Waals surface area contributed by atoms with Crippen LogP contribution in [0.2, 0.25) is 0 Å². The fraction of sp³-hybridized carbons (Fsp3) is 0.647. The highest BCUT2D eigenvalue weighted by Gasteiger charge is 2.18. The molecule has 0 fully saturated rings. The van der Waals surface area contributed by atoms with Gasteiger partial charge >= 0.3 is 0 Å². The first-order chi connectivity index (χ1) is 9.08. The summed E-state index contributed by atoms with van der Waals surface area (Å²) in [5.41, 5.74) is 4.51. The molecule has 0 aromatic heterocycles. The summed E-state index contributed by atoms with van der Waals surface area (Å²) in [5.74, 6) is 1.40. The molecule has 0 atom stereocenters. The van der Waals surface area contributed by atoms with Crippen molar-refractivity contribution in [2.45, 2.75) is 40.7 Å².